The van der Waals surface area contributed by atoms with Gasteiger partial charge in [-0.05, 0) is 109 Å². The first-order valence-corrected chi connectivity index (χ1v) is 26.6. The van der Waals surface area contributed by atoms with Crippen molar-refractivity contribution in [3.63, 3.8) is 0 Å². The summed E-state index contributed by atoms with van der Waals surface area (Å²) in [4.78, 5) is 37.1. The average Bonchev–Trinajstić information content (AvgIpc) is 3.30. The number of carboxylic acids is 1. The summed E-state index contributed by atoms with van der Waals surface area (Å²) in [6.07, 6.45) is 69.4. The summed E-state index contributed by atoms with van der Waals surface area (Å²) in [5.41, 5.74) is 0. The predicted molar refractivity (Wildman–Crippen MR) is 286 cm³/mol. The number of quaternary nitrogens is 1. The molecule has 0 rings (SSSR count). The molecule has 0 amide bonds. The number of allylic oxidation sites excluding steroid dienone is 20. The molecule has 0 aromatic carbocycles. The molecule has 0 aromatic heterocycles. The van der Waals surface area contributed by atoms with Gasteiger partial charge in [0.2, 0.25) is 0 Å². The van der Waals surface area contributed by atoms with Crippen molar-refractivity contribution in [1.29, 1.82) is 0 Å². The smallest absolute Gasteiger partial charge is 0.306 e. The Morgan fingerprint density at radius 2 is 0.824 bits per heavy atom. The van der Waals surface area contributed by atoms with Gasteiger partial charge in [0.05, 0.1) is 40.3 Å². The number of likely N-dealkylation sites (N-methyl/N-ethyl adjacent to an activating group) is 1. The first kappa shape index (κ1) is 63.7. The number of unbranched alkanes of at least 4 members (excludes halogenated alkanes) is 12. The molecular weight excluding hydrogens is 847 g/mol. The third kappa shape index (κ3) is 46.8. The molecule has 2 unspecified atom stereocenters. The van der Waals surface area contributed by atoms with E-state index in [0.29, 0.717) is 12.8 Å². The van der Waals surface area contributed by atoms with Gasteiger partial charge in [-0.3, -0.25) is 9.59 Å². The number of hydrogen-bond acceptors (Lipinski definition) is 7. The van der Waals surface area contributed by atoms with Gasteiger partial charge in [-0.2, -0.15) is 0 Å². The van der Waals surface area contributed by atoms with E-state index in [9.17, 15) is 19.5 Å². The second-order valence-corrected chi connectivity index (χ2v) is 18.4. The normalized spacial score (nSPS) is 13.8. The van der Waals surface area contributed by atoms with Crippen molar-refractivity contribution in [3.05, 3.63) is 122 Å². The number of aliphatic carboxylic acids is 1. The third-order valence-electron chi connectivity index (χ3n) is 11.1. The zero-order valence-electron chi connectivity index (χ0n) is 43.7. The molecule has 0 aromatic rings. The fraction of sp³-hybridized carbons (Fsp3) is 0.617. The molecule has 0 radical (unpaired) electrons. The van der Waals surface area contributed by atoms with E-state index in [-0.39, 0.29) is 49.1 Å². The Morgan fingerprint density at radius 1 is 0.456 bits per heavy atom. The van der Waals surface area contributed by atoms with Crippen LogP contribution >= 0.6 is 0 Å². The Balaban J connectivity index is 4.37. The SMILES string of the molecule is CC/C=C/C/C=C/C/C=C/C/C=C/C/C=C/CCCCCCCCCC(=O)OC(COCCC(C(=O)[O-])[N+](C)(C)C)COC(=O)CCCC/C=C/C/C=C/C/C=C/C/C=C/C/C=C/CCCCC. The van der Waals surface area contributed by atoms with E-state index < -0.39 is 18.1 Å². The molecule has 0 aliphatic heterocycles. The van der Waals surface area contributed by atoms with E-state index in [0.717, 1.165) is 103 Å². The lowest BCUT2D eigenvalue weighted by molar-refractivity contribution is -0.889. The number of carbonyl (C=O) groups excluding carboxylic acids is 3. The summed E-state index contributed by atoms with van der Waals surface area (Å²) in [6.45, 7) is 4.45. The molecule has 0 N–H and O–H groups in total. The highest BCUT2D eigenvalue weighted by atomic mass is 16.6. The van der Waals surface area contributed by atoms with E-state index in [4.69, 9.17) is 14.2 Å². The van der Waals surface area contributed by atoms with Crippen LogP contribution in [0.15, 0.2) is 122 Å². The van der Waals surface area contributed by atoms with Gasteiger partial charge >= 0.3 is 11.9 Å². The second-order valence-electron chi connectivity index (χ2n) is 18.4. The van der Waals surface area contributed by atoms with Crippen molar-refractivity contribution < 1.29 is 38.2 Å². The third-order valence-corrected chi connectivity index (χ3v) is 11.1. The van der Waals surface area contributed by atoms with Crippen molar-refractivity contribution in [2.75, 3.05) is 41.0 Å². The fourth-order valence-electron chi connectivity index (χ4n) is 7.00. The van der Waals surface area contributed by atoms with Gasteiger partial charge in [0.15, 0.2) is 6.10 Å². The van der Waals surface area contributed by atoms with Crippen molar-refractivity contribution in [1.82, 2.24) is 0 Å². The van der Waals surface area contributed by atoms with Crippen molar-refractivity contribution in [2.45, 2.75) is 199 Å². The quantitative estimate of drug-likeness (QED) is 0.0259. The first-order chi connectivity index (χ1) is 33.1. The van der Waals surface area contributed by atoms with E-state index in [2.05, 4.69) is 135 Å². The van der Waals surface area contributed by atoms with E-state index in [1.165, 1.54) is 44.9 Å². The molecule has 2 atom stereocenters. The first-order valence-electron chi connectivity index (χ1n) is 26.6. The average molecular weight is 944 g/mol. The summed E-state index contributed by atoms with van der Waals surface area (Å²) in [7, 11) is 5.39. The van der Waals surface area contributed by atoms with Crippen LogP contribution in [-0.4, -0.2) is 75.5 Å². The number of hydrogen-bond donors (Lipinski definition) is 0. The second kappa shape index (κ2) is 49.2. The molecule has 0 saturated carbocycles. The number of rotatable bonds is 46. The van der Waals surface area contributed by atoms with Crippen LogP contribution in [0, 0.1) is 0 Å². The highest BCUT2D eigenvalue weighted by Crippen LogP contribution is 2.13. The topological polar surface area (TPSA) is 102 Å². The molecule has 0 spiro atoms. The number of nitrogens with zero attached hydrogens (tertiary/aromatic N) is 1. The van der Waals surface area contributed by atoms with Crippen LogP contribution < -0.4 is 5.11 Å². The molecule has 0 heterocycles. The fourth-order valence-corrected chi connectivity index (χ4v) is 7.00. The van der Waals surface area contributed by atoms with Crippen LogP contribution in [0.2, 0.25) is 0 Å². The largest absolute Gasteiger partial charge is 0.544 e. The number of esters is 2. The lowest BCUT2D eigenvalue weighted by Crippen LogP contribution is -2.55. The van der Waals surface area contributed by atoms with E-state index in [1.54, 1.807) is 21.1 Å². The van der Waals surface area contributed by atoms with Gasteiger partial charge in [0.25, 0.3) is 0 Å². The minimum absolute atomic E-state index is 0.0137. The van der Waals surface area contributed by atoms with Crippen LogP contribution in [0.5, 0.6) is 0 Å². The van der Waals surface area contributed by atoms with E-state index in [1.807, 2.05) is 0 Å². The van der Waals surface area contributed by atoms with E-state index >= 15 is 0 Å². The van der Waals surface area contributed by atoms with Crippen molar-refractivity contribution >= 4 is 17.9 Å². The van der Waals surface area contributed by atoms with Gasteiger partial charge in [0.1, 0.15) is 12.6 Å². The maximum absolute atomic E-state index is 12.8. The molecule has 0 bridgehead atoms. The highest BCUT2D eigenvalue weighted by Gasteiger charge is 2.25. The summed E-state index contributed by atoms with van der Waals surface area (Å²) in [5, 5.41) is 11.7. The Kier molecular flexibility index (Phi) is 46.1. The molecule has 0 fully saturated rings. The molecule has 0 aliphatic rings. The summed E-state index contributed by atoms with van der Waals surface area (Å²) >= 11 is 0. The summed E-state index contributed by atoms with van der Waals surface area (Å²) in [6, 6.07) is -0.744. The van der Waals surface area contributed by atoms with Gasteiger partial charge < -0.3 is 28.6 Å². The van der Waals surface area contributed by atoms with Crippen LogP contribution in [0.3, 0.4) is 0 Å². The maximum Gasteiger partial charge on any atom is 0.306 e. The highest BCUT2D eigenvalue weighted by molar-refractivity contribution is 5.70. The van der Waals surface area contributed by atoms with Gasteiger partial charge in [-0.25, -0.2) is 0 Å². The van der Waals surface area contributed by atoms with Gasteiger partial charge in [0, 0.05) is 19.3 Å². The zero-order valence-corrected chi connectivity index (χ0v) is 43.7. The molecule has 0 aliphatic carbocycles. The molecule has 68 heavy (non-hydrogen) atoms. The molecule has 8 nitrogen and oxygen atoms in total. The minimum Gasteiger partial charge on any atom is -0.544 e. The number of carboxylic acid groups (broad SMARTS) is 1. The Morgan fingerprint density at radius 3 is 1.25 bits per heavy atom. The van der Waals surface area contributed by atoms with Crippen LogP contribution in [0.1, 0.15) is 187 Å². The Hall–Kier alpha value is -4.27. The van der Waals surface area contributed by atoms with Crippen LogP contribution in [0.4, 0.5) is 0 Å². The molecule has 8 heteroatoms. The molecular formula is C60H97NO7. The summed E-state index contributed by atoms with van der Waals surface area (Å²) < 4.78 is 17.2. The summed E-state index contributed by atoms with van der Waals surface area (Å²) in [5.74, 6) is -1.82. The number of carbonyl (C=O) groups is 3. The molecule has 384 valence electrons. The van der Waals surface area contributed by atoms with Crippen LogP contribution in [0.25, 0.3) is 0 Å². The lowest BCUT2D eigenvalue weighted by atomic mass is 10.1. The Labute approximate surface area is 416 Å². The van der Waals surface area contributed by atoms with Crippen molar-refractivity contribution in [2.24, 2.45) is 0 Å². The monoisotopic (exact) mass is 944 g/mol. The lowest BCUT2D eigenvalue weighted by Gasteiger charge is -2.34. The van der Waals surface area contributed by atoms with Crippen LogP contribution in [-0.2, 0) is 28.6 Å². The minimum atomic E-state index is -1.14. The maximum atomic E-state index is 12.8. The zero-order chi connectivity index (χ0) is 49.9. The predicted octanol–water partition coefficient (Wildman–Crippen LogP) is 14.4. The number of ether oxygens (including phenoxy) is 3. The van der Waals surface area contributed by atoms with Gasteiger partial charge in [-0.1, -0.05) is 180 Å². The van der Waals surface area contributed by atoms with Crippen molar-refractivity contribution in [3.8, 4) is 0 Å². The standard InChI is InChI=1S/C60H97NO7/c1-6-8-10-12-14-16-18-20-22-24-26-28-29-31-33-35-37-39-41-43-45-47-49-51-59(63)68-56(54-66-53-52-57(60(64)65)61(3,4)5)55-67-58(62)50-48-46-44-42-40-38-36-34-32-30-27-25-23-21-19-17-15-13-11-9-7-2/h8,10,14-17,20-23,26-28,30-31,33-34,36,40,42,56-57H,6-7,9,11-13,18-19,24-25,29,32,35,37-39,41,43-55H2,1-5H3/b10-8+,16-14+,17-15+,22-20+,23-21+,28-26+,30-27+,33-31+,36-34+,42-40+. The molecule has 0 saturated heterocycles. The Bertz CT molecular complexity index is 1520. The van der Waals surface area contributed by atoms with Gasteiger partial charge in [-0.15, -0.1) is 0 Å².